The standard InChI is InChI=1S/C13H19ClN2O/c14-11-5-3-4-10(8-11)9-12(16-15)13-6-1-2-7-17-13/h3-5,8,12-13,16H,1-2,6-7,9,15H2. The van der Waals surface area contributed by atoms with Crippen molar-refractivity contribution in [2.24, 2.45) is 5.84 Å². The van der Waals surface area contributed by atoms with E-state index in [0.717, 1.165) is 30.9 Å². The van der Waals surface area contributed by atoms with E-state index in [-0.39, 0.29) is 12.1 Å². The van der Waals surface area contributed by atoms with Gasteiger partial charge < -0.3 is 4.74 Å². The third-order valence-electron chi connectivity index (χ3n) is 3.22. The summed E-state index contributed by atoms with van der Waals surface area (Å²) in [5.74, 6) is 5.63. The van der Waals surface area contributed by atoms with E-state index in [2.05, 4.69) is 11.5 Å². The maximum Gasteiger partial charge on any atom is 0.0744 e. The summed E-state index contributed by atoms with van der Waals surface area (Å²) < 4.78 is 5.76. The quantitative estimate of drug-likeness (QED) is 0.640. The van der Waals surface area contributed by atoms with Crippen molar-refractivity contribution in [3.63, 3.8) is 0 Å². The van der Waals surface area contributed by atoms with Crippen LogP contribution in [0.15, 0.2) is 24.3 Å². The molecular weight excluding hydrogens is 236 g/mol. The van der Waals surface area contributed by atoms with Gasteiger partial charge in [-0.05, 0) is 43.4 Å². The second-order valence-corrected chi connectivity index (χ2v) is 4.95. The highest BCUT2D eigenvalue weighted by atomic mass is 35.5. The van der Waals surface area contributed by atoms with Crippen molar-refractivity contribution < 1.29 is 4.74 Å². The van der Waals surface area contributed by atoms with E-state index in [0.29, 0.717) is 0 Å². The molecule has 17 heavy (non-hydrogen) atoms. The molecule has 2 rings (SSSR count). The second-order valence-electron chi connectivity index (χ2n) is 4.51. The molecule has 0 aromatic heterocycles. The molecule has 0 amide bonds. The summed E-state index contributed by atoms with van der Waals surface area (Å²) in [6, 6.07) is 8.06. The Kier molecular flexibility index (Phi) is 4.80. The Morgan fingerprint density at radius 1 is 1.47 bits per heavy atom. The third kappa shape index (κ3) is 3.68. The number of rotatable bonds is 4. The van der Waals surface area contributed by atoms with Gasteiger partial charge in [0.1, 0.15) is 0 Å². The zero-order chi connectivity index (χ0) is 12.1. The molecule has 1 aromatic carbocycles. The van der Waals surface area contributed by atoms with Crippen LogP contribution in [0.5, 0.6) is 0 Å². The van der Waals surface area contributed by atoms with Gasteiger partial charge in [-0.2, -0.15) is 0 Å². The van der Waals surface area contributed by atoms with Crippen molar-refractivity contribution >= 4 is 11.6 Å². The number of nitrogens with two attached hydrogens (primary N) is 1. The number of ether oxygens (including phenoxy) is 1. The van der Waals surface area contributed by atoms with Crippen molar-refractivity contribution in [3.05, 3.63) is 34.9 Å². The van der Waals surface area contributed by atoms with Crippen molar-refractivity contribution in [2.75, 3.05) is 6.61 Å². The molecule has 0 saturated carbocycles. The van der Waals surface area contributed by atoms with Crippen LogP contribution in [0.1, 0.15) is 24.8 Å². The average molecular weight is 255 g/mol. The molecule has 1 heterocycles. The fraction of sp³-hybridized carbons (Fsp3) is 0.538. The summed E-state index contributed by atoms with van der Waals surface area (Å²) >= 11 is 5.97. The summed E-state index contributed by atoms with van der Waals surface area (Å²) in [5, 5.41) is 0.767. The van der Waals surface area contributed by atoms with E-state index in [4.69, 9.17) is 22.2 Å². The Labute approximate surface area is 107 Å². The lowest BCUT2D eigenvalue weighted by atomic mass is 9.96. The number of nitrogens with one attached hydrogen (secondary N) is 1. The SMILES string of the molecule is NNC(Cc1cccc(Cl)c1)C1CCCCO1. The molecule has 0 radical (unpaired) electrons. The Morgan fingerprint density at radius 2 is 2.35 bits per heavy atom. The van der Waals surface area contributed by atoms with Crippen LogP contribution in [0.2, 0.25) is 5.02 Å². The highest BCUT2D eigenvalue weighted by Gasteiger charge is 2.23. The minimum atomic E-state index is 0.161. The van der Waals surface area contributed by atoms with Crippen molar-refractivity contribution in [2.45, 2.75) is 37.8 Å². The lowest BCUT2D eigenvalue weighted by molar-refractivity contribution is -0.00744. The highest BCUT2D eigenvalue weighted by molar-refractivity contribution is 6.30. The van der Waals surface area contributed by atoms with Crippen LogP contribution in [0.4, 0.5) is 0 Å². The number of hydrazine groups is 1. The molecule has 2 unspecified atom stereocenters. The second kappa shape index (κ2) is 6.36. The van der Waals surface area contributed by atoms with E-state index in [9.17, 15) is 0 Å². The lowest BCUT2D eigenvalue weighted by Gasteiger charge is -2.30. The molecule has 3 nitrogen and oxygen atoms in total. The molecule has 3 N–H and O–H groups in total. The van der Waals surface area contributed by atoms with Crippen LogP contribution in [-0.2, 0) is 11.2 Å². The first kappa shape index (κ1) is 12.8. The third-order valence-corrected chi connectivity index (χ3v) is 3.46. The van der Waals surface area contributed by atoms with Gasteiger partial charge in [0.25, 0.3) is 0 Å². The van der Waals surface area contributed by atoms with E-state index in [1.165, 1.54) is 12.0 Å². The van der Waals surface area contributed by atoms with Crippen LogP contribution in [-0.4, -0.2) is 18.8 Å². The van der Waals surface area contributed by atoms with Crippen LogP contribution < -0.4 is 11.3 Å². The van der Waals surface area contributed by atoms with E-state index < -0.39 is 0 Å². The zero-order valence-corrected chi connectivity index (χ0v) is 10.6. The van der Waals surface area contributed by atoms with Gasteiger partial charge in [-0.3, -0.25) is 11.3 Å². The predicted molar refractivity (Wildman–Crippen MR) is 69.9 cm³/mol. The maximum absolute atomic E-state index is 5.97. The minimum absolute atomic E-state index is 0.161. The van der Waals surface area contributed by atoms with Gasteiger partial charge in [-0.1, -0.05) is 23.7 Å². The Morgan fingerprint density at radius 3 is 3.00 bits per heavy atom. The van der Waals surface area contributed by atoms with E-state index in [1.54, 1.807) is 0 Å². The van der Waals surface area contributed by atoms with Gasteiger partial charge in [0.2, 0.25) is 0 Å². The molecule has 1 fully saturated rings. The molecule has 4 heteroatoms. The molecule has 0 aliphatic carbocycles. The van der Waals surface area contributed by atoms with E-state index >= 15 is 0 Å². The number of hydrogen-bond acceptors (Lipinski definition) is 3. The first-order valence-corrected chi connectivity index (χ1v) is 6.49. The number of benzene rings is 1. The number of halogens is 1. The molecule has 94 valence electrons. The summed E-state index contributed by atoms with van der Waals surface area (Å²) in [7, 11) is 0. The topological polar surface area (TPSA) is 47.3 Å². The van der Waals surface area contributed by atoms with Gasteiger partial charge in [-0.15, -0.1) is 0 Å². The summed E-state index contributed by atoms with van der Waals surface area (Å²) in [5.41, 5.74) is 4.06. The molecule has 1 aliphatic heterocycles. The molecular formula is C13H19ClN2O. The van der Waals surface area contributed by atoms with Gasteiger partial charge in [0.15, 0.2) is 0 Å². The Hall–Kier alpha value is -0.610. The van der Waals surface area contributed by atoms with Crippen LogP contribution in [0.3, 0.4) is 0 Å². The van der Waals surface area contributed by atoms with Crippen molar-refractivity contribution in [3.8, 4) is 0 Å². The van der Waals surface area contributed by atoms with Crippen molar-refractivity contribution in [1.29, 1.82) is 0 Å². The normalized spacial score (nSPS) is 22.4. The summed E-state index contributed by atoms with van der Waals surface area (Å²) in [6.45, 7) is 0.846. The smallest absolute Gasteiger partial charge is 0.0744 e. The fourth-order valence-electron chi connectivity index (χ4n) is 2.30. The largest absolute Gasteiger partial charge is 0.377 e. The Balaban J connectivity index is 1.98. The predicted octanol–water partition coefficient (Wildman–Crippen LogP) is 2.28. The molecule has 1 aliphatic rings. The monoisotopic (exact) mass is 254 g/mol. The maximum atomic E-state index is 5.97. The first-order valence-electron chi connectivity index (χ1n) is 6.12. The van der Waals surface area contributed by atoms with Gasteiger partial charge >= 0.3 is 0 Å². The average Bonchev–Trinajstić information content (AvgIpc) is 2.37. The first-order chi connectivity index (χ1) is 8.29. The Bertz CT molecular complexity index is 353. The van der Waals surface area contributed by atoms with Crippen LogP contribution in [0.25, 0.3) is 0 Å². The molecule has 0 spiro atoms. The van der Waals surface area contributed by atoms with Gasteiger partial charge in [0.05, 0.1) is 12.1 Å². The molecule has 2 atom stereocenters. The highest BCUT2D eigenvalue weighted by Crippen LogP contribution is 2.19. The van der Waals surface area contributed by atoms with Crippen molar-refractivity contribution in [1.82, 2.24) is 5.43 Å². The lowest BCUT2D eigenvalue weighted by Crippen LogP contribution is -2.47. The zero-order valence-electron chi connectivity index (χ0n) is 9.86. The molecule has 1 aromatic rings. The van der Waals surface area contributed by atoms with E-state index in [1.807, 2.05) is 18.2 Å². The summed E-state index contributed by atoms with van der Waals surface area (Å²) in [6.07, 6.45) is 4.52. The van der Waals surface area contributed by atoms with Gasteiger partial charge in [0, 0.05) is 11.6 Å². The molecule has 0 bridgehead atoms. The number of hydrogen-bond donors (Lipinski definition) is 2. The van der Waals surface area contributed by atoms with Gasteiger partial charge in [-0.25, -0.2) is 0 Å². The summed E-state index contributed by atoms with van der Waals surface area (Å²) in [4.78, 5) is 0. The minimum Gasteiger partial charge on any atom is -0.377 e. The molecule has 1 saturated heterocycles. The van der Waals surface area contributed by atoms with Crippen LogP contribution in [0, 0.1) is 0 Å². The fourth-order valence-corrected chi connectivity index (χ4v) is 2.51. The van der Waals surface area contributed by atoms with Crippen LogP contribution >= 0.6 is 11.6 Å².